The van der Waals surface area contributed by atoms with Gasteiger partial charge < -0.3 is 4.90 Å². The van der Waals surface area contributed by atoms with E-state index in [0.29, 0.717) is 25.2 Å². The molecule has 1 aliphatic rings. The van der Waals surface area contributed by atoms with Crippen LogP contribution in [0.2, 0.25) is 0 Å². The number of rotatable bonds is 5. The average Bonchev–Trinajstić information content (AvgIpc) is 2.94. The summed E-state index contributed by atoms with van der Waals surface area (Å²) in [5.41, 5.74) is 1.79. The Morgan fingerprint density at radius 2 is 2.10 bits per heavy atom. The van der Waals surface area contributed by atoms with E-state index in [1.807, 2.05) is 31.2 Å². The van der Waals surface area contributed by atoms with Crippen molar-refractivity contribution in [1.29, 1.82) is 0 Å². The van der Waals surface area contributed by atoms with Crippen molar-refractivity contribution >= 4 is 15.9 Å². The number of hydrogen-bond acceptors (Lipinski definition) is 3. The maximum Gasteiger partial charge on any atom is 0.253 e. The highest BCUT2D eigenvalue weighted by Crippen LogP contribution is 2.18. The second-order valence-electron chi connectivity index (χ2n) is 5.33. The van der Waals surface area contributed by atoms with Crippen LogP contribution in [0.5, 0.6) is 0 Å². The molecule has 1 aromatic carbocycles. The predicted molar refractivity (Wildman–Crippen MR) is 82.3 cm³/mol. The minimum Gasteiger partial charge on any atom is -0.338 e. The van der Waals surface area contributed by atoms with Crippen LogP contribution in [0.25, 0.3) is 0 Å². The van der Waals surface area contributed by atoms with Crippen molar-refractivity contribution in [3.63, 3.8) is 0 Å². The van der Waals surface area contributed by atoms with E-state index < -0.39 is 10.0 Å². The summed E-state index contributed by atoms with van der Waals surface area (Å²) in [4.78, 5) is 14.1. The molecule has 1 fully saturated rings. The topological polar surface area (TPSA) is 66.5 Å². The molecule has 1 heterocycles. The molecule has 114 valence electrons. The van der Waals surface area contributed by atoms with Gasteiger partial charge in [-0.25, -0.2) is 13.1 Å². The Bertz CT molecular complexity index is 623. The Morgan fingerprint density at radius 1 is 1.43 bits per heavy atom. The molecule has 2 rings (SSSR count). The maximum atomic E-state index is 12.3. The Morgan fingerprint density at radius 3 is 2.71 bits per heavy atom. The van der Waals surface area contributed by atoms with Gasteiger partial charge in [0.2, 0.25) is 10.0 Å². The number of nitrogens with one attached hydrogen (secondary N) is 1. The van der Waals surface area contributed by atoms with E-state index in [1.54, 1.807) is 4.90 Å². The summed E-state index contributed by atoms with van der Waals surface area (Å²) in [7, 11) is -3.39. The molecule has 0 spiro atoms. The Hall–Kier alpha value is -1.66. The van der Waals surface area contributed by atoms with Gasteiger partial charge in [-0.1, -0.05) is 24.3 Å². The smallest absolute Gasteiger partial charge is 0.253 e. The molecular formula is C15H20N2O3S. The Kier molecular flexibility index (Phi) is 4.80. The first-order valence-electron chi connectivity index (χ1n) is 6.89. The van der Waals surface area contributed by atoms with Crippen LogP contribution < -0.4 is 4.72 Å². The van der Waals surface area contributed by atoms with Gasteiger partial charge in [0.25, 0.3) is 5.91 Å². The summed E-state index contributed by atoms with van der Waals surface area (Å²) < 4.78 is 25.1. The largest absolute Gasteiger partial charge is 0.338 e. The number of hydrogen-bond donors (Lipinski definition) is 1. The summed E-state index contributed by atoms with van der Waals surface area (Å²) in [6.07, 6.45) is 0.803. The predicted octanol–water partition coefficient (Wildman–Crippen LogP) is 1.52. The quantitative estimate of drug-likeness (QED) is 0.897. The molecule has 0 aliphatic carbocycles. The van der Waals surface area contributed by atoms with Crippen LogP contribution in [0.1, 0.15) is 22.3 Å². The van der Waals surface area contributed by atoms with Crippen LogP contribution in [-0.2, 0) is 10.0 Å². The van der Waals surface area contributed by atoms with Crippen LogP contribution in [-0.4, -0.2) is 38.9 Å². The zero-order chi connectivity index (χ0) is 15.5. The third-order valence-electron chi connectivity index (χ3n) is 3.66. The molecule has 0 radical (unpaired) electrons. The molecule has 21 heavy (non-hydrogen) atoms. The molecule has 1 amide bonds. The minimum atomic E-state index is -3.39. The van der Waals surface area contributed by atoms with Gasteiger partial charge in [-0.15, -0.1) is 0 Å². The monoisotopic (exact) mass is 308 g/mol. The number of benzene rings is 1. The molecular weight excluding hydrogens is 288 g/mol. The Labute approximate surface area is 125 Å². The molecule has 1 aromatic rings. The fraction of sp³-hybridized carbons (Fsp3) is 0.400. The third kappa shape index (κ3) is 4.15. The summed E-state index contributed by atoms with van der Waals surface area (Å²) in [6.45, 7) is 6.81. The molecule has 6 heteroatoms. The number of nitrogens with zero attached hydrogens (tertiary/aromatic N) is 1. The number of aryl methyl sites for hydroxylation is 1. The summed E-state index contributed by atoms with van der Waals surface area (Å²) >= 11 is 0. The van der Waals surface area contributed by atoms with Crippen molar-refractivity contribution in [2.45, 2.75) is 13.3 Å². The van der Waals surface area contributed by atoms with E-state index in [0.717, 1.165) is 17.4 Å². The minimum absolute atomic E-state index is 0.00378. The third-order valence-corrected chi connectivity index (χ3v) is 4.67. The van der Waals surface area contributed by atoms with Crippen LogP contribution in [0.3, 0.4) is 0 Å². The average molecular weight is 308 g/mol. The van der Waals surface area contributed by atoms with Gasteiger partial charge in [-0.05, 0) is 31.4 Å². The zero-order valence-electron chi connectivity index (χ0n) is 12.1. The highest BCUT2D eigenvalue weighted by Gasteiger charge is 2.27. The van der Waals surface area contributed by atoms with Crippen LogP contribution in [0.4, 0.5) is 0 Å². The van der Waals surface area contributed by atoms with Crippen LogP contribution in [0, 0.1) is 12.8 Å². The molecule has 1 unspecified atom stereocenters. The van der Waals surface area contributed by atoms with E-state index in [1.165, 1.54) is 0 Å². The fourth-order valence-corrected chi connectivity index (χ4v) is 2.94. The number of amides is 1. The number of carbonyl (C=O) groups excluding carboxylic acids is 1. The van der Waals surface area contributed by atoms with Gasteiger partial charge in [0.15, 0.2) is 0 Å². The molecule has 0 aromatic heterocycles. The number of carbonyl (C=O) groups is 1. The van der Waals surface area contributed by atoms with E-state index in [-0.39, 0.29) is 11.8 Å². The van der Waals surface area contributed by atoms with Gasteiger partial charge in [-0.3, -0.25) is 4.79 Å². The van der Waals surface area contributed by atoms with Gasteiger partial charge >= 0.3 is 0 Å². The standard InChI is InChI=1S/C15H20N2O3S/c1-3-21(19,20)16-10-13-8-9-17(11-13)15(18)14-6-4-12(2)5-7-14/h3-7,13,16H,1,8-11H2,2H3. The van der Waals surface area contributed by atoms with Gasteiger partial charge in [0.1, 0.15) is 0 Å². The second-order valence-corrected chi connectivity index (χ2v) is 7.04. The first-order valence-corrected chi connectivity index (χ1v) is 8.44. The van der Waals surface area contributed by atoms with Crippen LogP contribution in [0.15, 0.2) is 36.3 Å². The zero-order valence-corrected chi connectivity index (χ0v) is 12.9. The number of sulfonamides is 1. The van der Waals surface area contributed by atoms with Crippen molar-refractivity contribution in [2.24, 2.45) is 5.92 Å². The molecule has 1 atom stereocenters. The van der Waals surface area contributed by atoms with Gasteiger partial charge in [0, 0.05) is 30.6 Å². The van der Waals surface area contributed by atoms with Crippen molar-refractivity contribution in [1.82, 2.24) is 9.62 Å². The normalized spacial score (nSPS) is 18.7. The van der Waals surface area contributed by atoms with Crippen molar-refractivity contribution < 1.29 is 13.2 Å². The number of likely N-dealkylation sites (tertiary alicyclic amines) is 1. The van der Waals surface area contributed by atoms with Crippen molar-refractivity contribution in [3.8, 4) is 0 Å². The second kappa shape index (κ2) is 6.41. The van der Waals surface area contributed by atoms with Gasteiger partial charge in [0.05, 0.1) is 0 Å². The molecule has 1 saturated heterocycles. The van der Waals surface area contributed by atoms with E-state index in [4.69, 9.17) is 0 Å². The summed E-state index contributed by atoms with van der Waals surface area (Å²) in [5.74, 6) is 0.151. The van der Waals surface area contributed by atoms with E-state index in [9.17, 15) is 13.2 Å². The van der Waals surface area contributed by atoms with Gasteiger partial charge in [-0.2, -0.15) is 0 Å². The van der Waals surface area contributed by atoms with E-state index in [2.05, 4.69) is 11.3 Å². The lowest BCUT2D eigenvalue weighted by molar-refractivity contribution is 0.0787. The Balaban J connectivity index is 1.91. The molecule has 1 aliphatic heterocycles. The SMILES string of the molecule is C=CS(=O)(=O)NCC1CCN(C(=O)c2ccc(C)cc2)C1. The first kappa shape index (κ1) is 15.7. The first-order chi connectivity index (χ1) is 9.91. The summed E-state index contributed by atoms with van der Waals surface area (Å²) in [6, 6.07) is 7.48. The fourth-order valence-electron chi connectivity index (χ4n) is 2.36. The molecule has 5 nitrogen and oxygen atoms in total. The van der Waals surface area contributed by atoms with Crippen molar-refractivity contribution in [2.75, 3.05) is 19.6 Å². The van der Waals surface area contributed by atoms with E-state index >= 15 is 0 Å². The molecule has 1 N–H and O–H groups in total. The highest BCUT2D eigenvalue weighted by molar-refractivity contribution is 7.92. The maximum absolute atomic E-state index is 12.3. The van der Waals surface area contributed by atoms with Crippen molar-refractivity contribution in [3.05, 3.63) is 47.4 Å². The lowest BCUT2D eigenvalue weighted by Gasteiger charge is -2.17. The lowest BCUT2D eigenvalue weighted by Crippen LogP contribution is -2.32. The lowest BCUT2D eigenvalue weighted by atomic mass is 10.1. The van der Waals surface area contributed by atoms with Crippen LogP contribution >= 0.6 is 0 Å². The summed E-state index contributed by atoms with van der Waals surface area (Å²) in [5, 5.41) is 0.900. The molecule has 0 saturated carbocycles. The highest BCUT2D eigenvalue weighted by atomic mass is 32.2. The molecule has 0 bridgehead atoms.